The number of rotatable bonds is 5. The van der Waals surface area contributed by atoms with E-state index in [0.717, 1.165) is 0 Å². The Bertz CT molecular complexity index is 614. The summed E-state index contributed by atoms with van der Waals surface area (Å²) in [7, 11) is 3.11. The van der Waals surface area contributed by atoms with Gasteiger partial charge < -0.3 is 14.0 Å². The number of nitrogens with zero attached hydrogens (tertiary/aromatic N) is 1. The molecule has 0 fully saturated rings. The number of carbonyl (C=O) groups is 1. The molecule has 1 aromatic heterocycles. The minimum absolute atomic E-state index is 0.0351. The molecule has 0 saturated carbocycles. The smallest absolute Gasteiger partial charge is 0.226 e. The maximum Gasteiger partial charge on any atom is 0.226 e. The first-order valence-corrected chi connectivity index (χ1v) is 6.31. The van der Waals surface area contributed by atoms with Crippen molar-refractivity contribution in [1.82, 2.24) is 5.16 Å². The minimum atomic E-state index is -0.480. The van der Waals surface area contributed by atoms with Crippen LogP contribution in [-0.2, 0) is 11.2 Å². The number of hydrogen-bond donors (Lipinski definition) is 0. The van der Waals surface area contributed by atoms with Crippen molar-refractivity contribution < 1.29 is 18.8 Å². The van der Waals surface area contributed by atoms with Crippen molar-refractivity contribution in [2.45, 2.75) is 13.3 Å². The maximum absolute atomic E-state index is 11.2. The van der Waals surface area contributed by atoms with Gasteiger partial charge in [-0.3, -0.25) is 4.79 Å². The maximum atomic E-state index is 11.2. The van der Waals surface area contributed by atoms with Crippen molar-refractivity contribution in [2.24, 2.45) is 0 Å². The van der Waals surface area contributed by atoms with Gasteiger partial charge in [-0.05, 0) is 30.7 Å². The SMILES string of the molecule is COc1cccc(OC)c1-c1noc(C)c1CC(=O)Cl. The standard InChI is InChI=1S/C14H14ClNO4/c1-8-9(7-12(15)17)14(16-20-8)13-10(18-2)5-4-6-11(13)19-3/h4-6H,7H2,1-3H3. The number of carbonyl (C=O) groups excluding carboxylic acids is 1. The largest absolute Gasteiger partial charge is 0.496 e. The number of benzene rings is 1. The Balaban J connectivity index is 2.65. The number of aryl methyl sites for hydroxylation is 1. The molecule has 2 rings (SSSR count). The Hall–Kier alpha value is -2.01. The molecule has 0 spiro atoms. The molecule has 0 amide bonds. The van der Waals surface area contributed by atoms with Gasteiger partial charge in [-0.25, -0.2) is 0 Å². The van der Waals surface area contributed by atoms with E-state index >= 15 is 0 Å². The van der Waals surface area contributed by atoms with Crippen molar-refractivity contribution in [3.05, 3.63) is 29.5 Å². The zero-order chi connectivity index (χ0) is 14.7. The fourth-order valence-corrected chi connectivity index (χ4v) is 2.15. The number of ether oxygens (including phenoxy) is 2. The molecule has 0 radical (unpaired) electrons. The van der Waals surface area contributed by atoms with Gasteiger partial charge in [-0.2, -0.15) is 0 Å². The predicted octanol–water partition coefficient (Wildman–Crippen LogP) is 2.98. The Morgan fingerprint density at radius 2 is 1.90 bits per heavy atom. The van der Waals surface area contributed by atoms with Gasteiger partial charge in [0, 0.05) is 5.56 Å². The second-order valence-corrected chi connectivity index (χ2v) is 4.56. The zero-order valence-corrected chi connectivity index (χ0v) is 12.2. The lowest BCUT2D eigenvalue weighted by atomic mass is 10.0. The average Bonchev–Trinajstić information content (AvgIpc) is 2.78. The second kappa shape index (κ2) is 5.96. The number of methoxy groups -OCH3 is 2. The summed E-state index contributed by atoms with van der Waals surface area (Å²) in [6.07, 6.45) is 0.0351. The molecule has 1 aromatic carbocycles. The zero-order valence-electron chi connectivity index (χ0n) is 11.4. The van der Waals surface area contributed by atoms with E-state index in [1.165, 1.54) is 0 Å². The highest BCUT2D eigenvalue weighted by Gasteiger charge is 2.23. The van der Waals surface area contributed by atoms with Crippen LogP contribution < -0.4 is 9.47 Å². The number of aromatic nitrogens is 1. The summed E-state index contributed by atoms with van der Waals surface area (Å²) in [5.41, 5.74) is 1.78. The van der Waals surface area contributed by atoms with Gasteiger partial charge in [0.2, 0.25) is 5.24 Å². The highest BCUT2D eigenvalue weighted by atomic mass is 35.5. The second-order valence-electron chi connectivity index (χ2n) is 4.14. The van der Waals surface area contributed by atoms with Crippen LogP contribution in [0.25, 0.3) is 11.3 Å². The molecule has 106 valence electrons. The number of halogens is 1. The minimum Gasteiger partial charge on any atom is -0.496 e. The molecule has 2 aromatic rings. The van der Waals surface area contributed by atoms with E-state index in [-0.39, 0.29) is 6.42 Å². The first-order chi connectivity index (χ1) is 9.58. The molecular weight excluding hydrogens is 282 g/mol. The molecule has 0 aliphatic heterocycles. The Labute approximate surface area is 121 Å². The van der Waals surface area contributed by atoms with Crippen LogP contribution in [0.5, 0.6) is 11.5 Å². The van der Waals surface area contributed by atoms with Gasteiger partial charge >= 0.3 is 0 Å². The lowest BCUT2D eigenvalue weighted by Crippen LogP contribution is -1.99. The van der Waals surface area contributed by atoms with Gasteiger partial charge in [-0.1, -0.05) is 11.2 Å². The summed E-state index contributed by atoms with van der Waals surface area (Å²) in [4.78, 5) is 11.2. The van der Waals surface area contributed by atoms with Gasteiger partial charge in [0.05, 0.1) is 26.2 Å². The van der Waals surface area contributed by atoms with Crippen molar-refractivity contribution >= 4 is 16.8 Å². The molecule has 20 heavy (non-hydrogen) atoms. The van der Waals surface area contributed by atoms with Gasteiger partial charge in [-0.15, -0.1) is 0 Å². The van der Waals surface area contributed by atoms with Crippen molar-refractivity contribution in [3.63, 3.8) is 0 Å². The van der Waals surface area contributed by atoms with E-state index in [0.29, 0.717) is 34.1 Å². The van der Waals surface area contributed by atoms with E-state index in [1.807, 2.05) is 0 Å². The molecule has 0 aliphatic carbocycles. The quantitative estimate of drug-likeness (QED) is 0.794. The molecule has 0 saturated heterocycles. The van der Waals surface area contributed by atoms with Crippen LogP contribution in [0.2, 0.25) is 0 Å². The summed E-state index contributed by atoms with van der Waals surface area (Å²) < 4.78 is 15.8. The van der Waals surface area contributed by atoms with Crippen molar-refractivity contribution in [3.8, 4) is 22.8 Å². The predicted molar refractivity (Wildman–Crippen MR) is 74.3 cm³/mol. The first-order valence-electron chi connectivity index (χ1n) is 5.93. The van der Waals surface area contributed by atoms with Crippen LogP contribution in [0.1, 0.15) is 11.3 Å². The Kier molecular flexibility index (Phi) is 4.29. The molecule has 0 bridgehead atoms. The van der Waals surface area contributed by atoms with Crippen LogP contribution >= 0.6 is 11.6 Å². The molecule has 0 atom stereocenters. The van der Waals surface area contributed by atoms with E-state index < -0.39 is 5.24 Å². The summed E-state index contributed by atoms with van der Waals surface area (Å²) in [5, 5.41) is 3.53. The third-order valence-corrected chi connectivity index (χ3v) is 3.10. The van der Waals surface area contributed by atoms with Crippen LogP contribution in [-0.4, -0.2) is 24.6 Å². The van der Waals surface area contributed by atoms with E-state index in [2.05, 4.69) is 5.16 Å². The highest BCUT2D eigenvalue weighted by molar-refractivity contribution is 6.63. The molecular formula is C14H14ClNO4. The van der Waals surface area contributed by atoms with Crippen molar-refractivity contribution in [1.29, 1.82) is 0 Å². The fraction of sp³-hybridized carbons (Fsp3) is 0.286. The summed E-state index contributed by atoms with van der Waals surface area (Å²) in [6.45, 7) is 1.73. The Morgan fingerprint density at radius 3 is 2.40 bits per heavy atom. The lowest BCUT2D eigenvalue weighted by molar-refractivity contribution is -0.111. The summed E-state index contributed by atoms with van der Waals surface area (Å²) >= 11 is 5.48. The normalized spacial score (nSPS) is 10.4. The highest BCUT2D eigenvalue weighted by Crippen LogP contribution is 2.40. The molecule has 1 heterocycles. The van der Waals surface area contributed by atoms with Crippen LogP contribution in [0.4, 0.5) is 0 Å². The van der Waals surface area contributed by atoms with Crippen LogP contribution in [0.3, 0.4) is 0 Å². The third kappa shape index (κ3) is 2.63. The summed E-state index contributed by atoms with van der Waals surface area (Å²) in [5.74, 6) is 1.71. The molecule has 0 aliphatic rings. The van der Waals surface area contributed by atoms with Crippen LogP contribution in [0, 0.1) is 6.92 Å². The molecule has 6 heteroatoms. The first kappa shape index (κ1) is 14.4. The molecule has 0 unspecified atom stereocenters. The van der Waals surface area contributed by atoms with Gasteiger partial charge in [0.25, 0.3) is 0 Å². The average molecular weight is 296 g/mol. The van der Waals surface area contributed by atoms with Crippen LogP contribution in [0.15, 0.2) is 22.7 Å². The van der Waals surface area contributed by atoms with E-state index in [1.54, 1.807) is 39.3 Å². The molecule has 0 N–H and O–H groups in total. The lowest BCUT2D eigenvalue weighted by Gasteiger charge is -2.11. The van der Waals surface area contributed by atoms with Crippen molar-refractivity contribution in [2.75, 3.05) is 14.2 Å². The summed E-state index contributed by atoms with van der Waals surface area (Å²) in [6, 6.07) is 5.38. The molecule has 5 nitrogen and oxygen atoms in total. The van der Waals surface area contributed by atoms with Gasteiger partial charge in [0.1, 0.15) is 23.0 Å². The van der Waals surface area contributed by atoms with Gasteiger partial charge in [0.15, 0.2) is 0 Å². The third-order valence-electron chi connectivity index (χ3n) is 2.97. The Morgan fingerprint density at radius 1 is 1.30 bits per heavy atom. The van der Waals surface area contributed by atoms with E-state index in [4.69, 9.17) is 25.6 Å². The van der Waals surface area contributed by atoms with E-state index in [9.17, 15) is 4.79 Å². The monoisotopic (exact) mass is 295 g/mol. The fourth-order valence-electron chi connectivity index (χ4n) is 2.02. The topological polar surface area (TPSA) is 61.6 Å². The number of hydrogen-bond acceptors (Lipinski definition) is 5.